The van der Waals surface area contributed by atoms with Crippen molar-refractivity contribution in [1.82, 2.24) is 0 Å². The summed E-state index contributed by atoms with van der Waals surface area (Å²) in [5.41, 5.74) is 4.54. The van der Waals surface area contributed by atoms with Gasteiger partial charge in [-0.25, -0.2) is 0 Å². The number of ether oxygens (including phenoxy) is 30. The van der Waals surface area contributed by atoms with Gasteiger partial charge in [0.2, 0.25) is 0 Å². The SMILES string of the molecule is COCCOCCOCCOCCOCCOCCOCCOCCOCCOCCOCCOc1cc(CC2(Cc3cc(OCCOCCOC)cc(OCCOCCOC)c3)c3cc(B4OC(C)(C)C(C)(C)O4)ccc3-c3ccc(B4OC(C)(C)C(C)(C)O4)cc32)cc(OCCOCCOCCOCCOCCOCCOCCOCCOCCOCCOCCOC)c1. The highest BCUT2D eigenvalue weighted by molar-refractivity contribution is 6.62. The first-order valence-corrected chi connectivity index (χ1v) is 46.4. The third kappa shape index (κ3) is 45.9. The van der Waals surface area contributed by atoms with Gasteiger partial charge in [0.05, 0.1) is 340 Å². The molecule has 4 aromatic rings. The fraction of sp³-hybridized carbons (Fsp3) is 0.747. The van der Waals surface area contributed by atoms with Crippen molar-refractivity contribution in [3.8, 4) is 34.1 Å². The highest BCUT2D eigenvalue weighted by Gasteiger charge is 2.55. The van der Waals surface area contributed by atoms with Crippen LogP contribution in [0.4, 0.5) is 0 Å². The second-order valence-corrected chi connectivity index (χ2v) is 32.7. The molecule has 0 radical (unpaired) electrons. The molecular weight excluding hydrogens is 1710 g/mol. The number of hydrogen-bond acceptors (Lipinski definition) is 34. The quantitative estimate of drug-likeness (QED) is 0.0305. The third-order valence-corrected chi connectivity index (χ3v) is 21.8. The molecule has 0 atom stereocenters. The summed E-state index contributed by atoms with van der Waals surface area (Å²) in [6, 6.07) is 25.4. The molecule has 0 aromatic heterocycles. The summed E-state index contributed by atoms with van der Waals surface area (Å²) in [6.45, 7) is 39.2. The molecule has 1 aliphatic carbocycles. The lowest BCUT2D eigenvalue weighted by atomic mass is 9.66. The maximum atomic E-state index is 6.85. The van der Waals surface area contributed by atoms with Crippen LogP contribution in [0.5, 0.6) is 23.0 Å². The summed E-state index contributed by atoms with van der Waals surface area (Å²) in [7, 11) is 5.25. The maximum Gasteiger partial charge on any atom is 0.494 e. The van der Waals surface area contributed by atoms with Gasteiger partial charge in [-0.1, -0.05) is 36.4 Å². The molecule has 0 unspecified atom stereocenters. The first-order chi connectivity index (χ1) is 63.9. The second kappa shape index (κ2) is 68.9. The molecule has 2 saturated heterocycles. The van der Waals surface area contributed by atoms with Crippen LogP contribution in [0, 0.1) is 0 Å². The maximum absolute atomic E-state index is 6.85. The largest absolute Gasteiger partial charge is 0.494 e. The van der Waals surface area contributed by atoms with Crippen LogP contribution in [0.3, 0.4) is 0 Å². The number of rotatable bonds is 88. The van der Waals surface area contributed by atoms with Gasteiger partial charge in [0, 0.05) is 46.0 Å². The highest BCUT2D eigenvalue weighted by Crippen LogP contribution is 2.53. The van der Waals surface area contributed by atoms with Crippen molar-refractivity contribution in [3.63, 3.8) is 0 Å². The molecule has 2 fully saturated rings. The molecule has 2 heterocycles. The van der Waals surface area contributed by atoms with Crippen LogP contribution in [0.15, 0.2) is 72.8 Å². The van der Waals surface area contributed by atoms with E-state index in [9.17, 15) is 0 Å². The lowest BCUT2D eigenvalue weighted by molar-refractivity contribution is -0.0273. The standard InChI is InChI=1S/C95H156B2O34/c1-91(2)92(3,4)129-96(128-91)81-13-15-87-88-16-14-82(97-130-93(5,6)94(7,8)131-97)74-90(88)95(89(87)73-81,77-79-69-83(124-65-61-104-23-19-100-11)75-84(70-79)125-66-62-105-24-20-101-12)78-80-71-85(126-67-63-122-59-57-120-55-53-118-51-49-116-47-45-114-43-41-112-39-37-110-35-33-108-31-29-106-27-25-102-21-17-98-9)76-86(72-80)127-68-64-123-60-58-121-56-54-119-52-50-117-48-46-115-44-42-113-40-38-111-36-34-109-32-30-107-28-26-103-22-18-99-10/h13-16,69-76H,17-68,77-78H2,1-12H3. The normalized spacial score (nSPS) is 15.2. The van der Waals surface area contributed by atoms with Crippen LogP contribution in [-0.2, 0) is 160 Å². The Hall–Kier alpha value is -4.99. The van der Waals surface area contributed by atoms with E-state index in [0.717, 1.165) is 44.3 Å². The Morgan fingerprint density at radius 1 is 0.198 bits per heavy atom. The van der Waals surface area contributed by atoms with Gasteiger partial charge in [-0.2, -0.15) is 0 Å². The number of fused-ring (bicyclic) bond motifs is 3. The van der Waals surface area contributed by atoms with Gasteiger partial charge in [-0.05, 0) is 137 Å². The van der Waals surface area contributed by atoms with E-state index in [1.165, 1.54) is 0 Å². The molecule has 34 nitrogen and oxygen atoms in total. The van der Waals surface area contributed by atoms with E-state index >= 15 is 0 Å². The van der Waals surface area contributed by atoms with Crippen molar-refractivity contribution in [3.05, 3.63) is 95.1 Å². The zero-order valence-electron chi connectivity index (χ0n) is 80.6. The predicted molar refractivity (Wildman–Crippen MR) is 492 cm³/mol. The Bertz CT molecular complexity index is 3270. The van der Waals surface area contributed by atoms with E-state index in [1.54, 1.807) is 28.4 Å². The van der Waals surface area contributed by atoms with Crippen LogP contribution < -0.4 is 29.9 Å². The van der Waals surface area contributed by atoms with Crippen LogP contribution >= 0.6 is 0 Å². The lowest BCUT2D eigenvalue weighted by Crippen LogP contribution is -2.41. The van der Waals surface area contributed by atoms with Gasteiger partial charge in [0.1, 0.15) is 49.4 Å². The van der Waals surface area contributed by atoms with Gasteiger partial charge < -0.3 is 161 Å². The van der Waals surface area contributed by atoms with Crippen LogP contribution in [0.1, 0.15) is 77.6 Å². The first-order valence-electron chi connectivity index (χ1n) is 46.4. The molecule has 7 rings (SSSR count). The van der Waals surface area contributed by atoms with E-state index in [2.05, 4.69) is 116 Å². The molecule has 0 spiro atoms. The van der Waals surface area contributed by atoms with Crippen molar-refractivity contribution in [2.24, 2.45) is 0 Å². The molecule has 0 N–H and O–H groups in total. The molecule has 0 bridgehead atoms. The van der Waals surface area contributed by atoms with Crippen molar-refractivity contribution in [2.75, 3.05) is 372 Å². The van der Waals surface area contributed by atoms with E-state index in [-0.39, 0.29) is 39.6 Å². The van der Waals surface area contributed by atoms with E-state index in [4.69, 9.17) is 161 Å². The Morgan fingerprint density at radius 3 is 0.527 bits per heavy atom. The van der Waals surface area contributed by atoms with Crippen molar-refractivity contribution in [1.29, 1.82) is 0 Å². The minimum Gasteiger partial charge on any atom is -0.491 e. The molecule has 0 amide bonds. The Morgan fingerprint density at radius 2 is 0.359 bits per heavy atom. The zero-order valence-corrected chi connectivity index (χ0v) is 80.6. The molecule has 2 aliphatic heterocycles. The number of hydrogen-bond donors (Lipinski definition) is 0. The molecule has 3 aliphatic rings. The van der Waals surface area contributed by atoms with Gasteiger partial charge in [-0.3, -0.25) is 0 Å². The Labute approximate surface area is 779 Å². The van der Waals surface area contributed by atoms with E-state index < -0.39 is 42.1 Å². The smallest absolute Gasteiger partial charge is 0.491 e. The van der Waals surface area contributed by atoms with Crippen LogP contribution in [0.2, 0.25) is 0 Å². The van der Waals surface area contributed by atoms with Gasteiger partial charge >= 0.3 is 14.2 Å². The fourth-order valence-electron chi connectivity index (χ4n) is 13.5. The van der Waals surface area contributed by atoms with Gasteiger partial charge in [0.15, 0.2) is 0 Å². The molecule has 746 valence electrons. The lowest BCUT2D eigenvalue weighted by Gasteiger charge is -2.34. The van der Waals surface area contributed by atoms with Gasteiger partial charge in [0.25, 0.3) is 0 Å². The summed E-state index contributed by atoms with van der Waals surface area (Å²) >= 11 is 0. The highest BCUT2D eigenvalue weighted by atomic mass is 16.7. The minimum atomic E-state index is -0.868. The zero-order chi connectivity index (χ0) is 93.3. The van der Waals surface area contributed by atoms with E-state index in [1.807, 2.05) is 12.1 Å². The Kier molecular flexibility index (Phi) is 59.5. The summed E-state index contributed by atoms with van der Waals surface area (Å²) < 4.78 is 199. The van der Waals surface area contributed by atoms with Crippen LogP contribution in [-0.4, -0.2) is 409 Å². The number of benzene rings is 4. The fourth-order valence-corrected chi connectivity index (χ4v) is 13.5. The average Bonchev–Trinajstić information content (AvgIpc) is 1.55. The second-order valence-electron chi connectivity index (χ2n) is 32.7. The summed E-state index contributed by atoms with van der Waals surface area (Å²) in [5.74, 6) is 2.39. The summed E-state index contributed by atoms with van der Waals surface area (Å²) in [5, 5.41) is 0. The summed E-state index contributed by atoms with van der Waals surface area (Å²) in [6.07, 6.45) is 0.873. The third-order valence-electron chi connectivity index (χ3n) is 21.8. The molecule has 36 heteroatoms. The predicted octanol–water partition coefficient (Wildman–Crippen LogP) is 7.50. The van der Waals surface area contributed by atoms with Crippen molar-refractivity contribution in [2.45, 2.75) is 96.1 Å². The van der Waals surface area contributed by atoms with Gasteiger partial charge in [-0.15, -0.1) is 0 Å². The Balaban J connectivity index is 0.943. The van der Waals surface area contributed by atoms with Crippen molar-refractivity contribution < 1.29 is 161 Å². The monoisotopic (exact) mass is 1860 g/mol. The topological polar surface area (TPSA) is 314 Å². The molecule has 4 aromatic carbocycles. The average molecular weight is 1860 g/mol. The molecule has 0 saturated carbocycles. The summed E-state index contributed by atoms with van der Waals surface area (Å²) in [4.78, 5) is 0. The first kappa shape index (κ1) is 113. The number of methoxy groups -OCH3 is 4. The minimum absolute atomic E-state index is 0.234. The molecular formula is C95H156B2O34. The molecule has 131 heavy (non-hydrogen) atoms. The van der Waals surface area contributed by atoms with Crippen molar-refractivity contribution >= 4 is 25.2 Å². The van der Waals surface area contributed by atoms with Crippen LogP contribution in [0.25, 0.3) is 11.1 Å². The van der Waals surface area contributed by atoms with E-state index in [0.29, 0.717) is 340 Å².